The minimum atomic E-state index is -1.05. The Morgan fingerprint density at radius 3 is 2.50 bits per heavy atom. The molecule has 1 aliphatic rings. The lowest BCUT2D eigenvalue weighted by atomic mass is 9.95. The van der Waals surface area contributed by atoms with Crippen molar-refractivity contribution in [2.24, 2.45) is 5.92 Å². The lowest BCUT2D eigenvalue weighted by Gasteiger charge is -2.14. The molecule has 0 aromatic heterocycles. The molecule has 2 atom stereocenters. The van der Waals surface area contributed by atoms with Crippen LogP contribution in [-0.4, -0.2) is 22.2 Å². The highest BCUT2D eigenvalue weighted by Gasteiger charge is 2.40. The van der Waals surface area contributed by atoms with E-state index in [1.807, 2.05) is 0 Å². The molecule has 84 valence electrons. The number of aliphatic carboxylic acids is 1. The Kier molecular flexibility index (Phi) is 2.52. The van der Waals surface area contributed by atoms with E-state index in [1.54, 1.807) is 12.1 Å². The van der Waals surface area contributed by atoms with E-state index in [2.05, 4.69) is 0 Å². The van der Waals surface area contributed by atoms with Crippen LogP contribution in [0.5, 0.6) is 5.75 Å². The third kappa shape index (κ3) is 1.84. The van der Waals surface area contributed by atoms with Crippen LogP contribution in [0.1, 0.15) is 18.1 Å². The molecule has 1 fully saturated rings. The van der Waals surface area contributed by atoms with Gasteiger partial charge in [-0.1, -0.05) is 12.1 Å². The molecule has 5 heteroatoms. The van der Waals surface area contributed by atoms with Gasteiger partial charge in [0.05, 0.1) is 6.42 Å². The second-order valence-electron chi connectivity index (χ2n) is 3.65. The fraction of sp³-hybridized carbons (Fsp3) is 0.273. The lowest BCUT2D eigenvalue weighted by molar-refractivity contribution is -0.144. The average molecular weight is 222 g/mol. The zero-order chi connectivity index (χ0) is 11.7. The molecule has 16 heavy (non-hydrogen) atoms. The van der Waals surface area contributed by atoms with Crippen molar-refractivity contribution in [3.8, 4) is 5.75 Å². The molecular formula is C11H10O5. The van der Waals surface area contributed by atoms with Crippen molar-refractivity contribution < 1.29 is 24.5 Å². The van der Waals surface area contributed by atoms with Gasteiger partial charge >= 0.3 is 11.9 Å². The molecule has 1 heterocycles. The summed E-state index contributed by atoms with van der Waals surface area (Å²) in [5, 5.41) is 18.0. The maximum Gasteiger partial charge on any atom is 0.311 e. The lowest BCUT2D eigenvalue weighted by Crippen LogP contribution is -2.17. The highest BCUT2D eigenvalue weighted by atomic mass is 16.6. The van der Waals surface area contributed by atoms with E-state index in [4.69, 9.17) is 14.9 Å². The molecule has 1 aromatic carbocycles. The van der Waals surface area contributed by atoms with E-state index in [0.29, 0.717) is 5.56 Å². The van der Waals surface area contributed by atoms with Crippen LogP contribution >= 0.6 is 0 Å². The monoisotopic (exact) mass is 222 g/mol. The van der Waals surface area contributed by atoms with Crippen LogP contribution in [-0.2, 0) is 14.3 Å². The Balaban J connectivity index is 2.28. The van der Waals surface area contributed by atoms with E-state index < -0.39 is 24.0 Å². The molecular weight excluding hydrogens is 212 g/mol. The molecule has 0 amide bonds. The molecule has 0 unspecified atom stereocenters. The van der Waals surface area contributed by atoms with Crippen molar-refractivity contribution in [1.82, 2.24) is 0 Å². The van der Waals surface area contributed by atoms with Crippen molar-refractivity contribution in [3.05, 3.63) is 29.8 Å². The largest absolute Gasteiger partial charge is 0.508 e. The average Bonchev–Trinajstić information content (AvgIpc) is 2.61. The summed E-state index contributed by atoms with van der Waals surface area (Å²) in [6, 6.07) is 5.96. The molecule has 0 radical (unpaired) electrons. The number of hydrogen-bond donors (Lipinski definition) is 2. The summed E-state index contributed by atoms with van der Waals surface area (Å²) in [6.07, 6.45) is -0.869. The highest BCUT2D eigenvalue weighted by Crippen LogP contribution is 2.35. The minimum Gasteiger partial charge on any atom is -0.508 e. The van der Waals surface area contributed by atoms with Crippen LogP contribution in [0.4, 0.5) is 0 Å². The third-order valence-corrected chi connectivity index (χ3v) is 2.55. The van der Waals surface area contributed by atoms with Crippen LogP contribution in [0.2, 0.25) is 0 Å². The Morgan fingerprint density at radius 2 is 1.94 bits per heavy atom. The van der Waals surface area contributed by atoms with E-state index in [1.165, 1.54) is 12.1 Å². The molecule has 1 saturated heterocycles. The van der Waals surface area contributed by atoms with Gasteiger partial charge in [-0.15, -0.1) is 0 Å². The van der Waals surface area contributed by atoms with Crippen molar-refractivity contribution in [3.63, 3.8) is 0 Å². The maximum atomic E-state index is 11.1. The van der Waals surface area contributed by atoms with Crippen molar-refractivity contribution in [1.29, 1.82) is 0 Å². The first kappa shape index (κ1) is 10.5. The summed E-state index contributed by atoms with van der Waals surface area (Å²) >= 11 is 0. The van der Waals surface area contributed by atoms with Gasteiger partial charge in [0.2, 0.25) is 0 Å². The van der Waals surface area contributed by atoms with Crippen LogP contribution < -0.4 is 0 Å². The van der Waals surface area contributed by atoms with Crippen LogP contribution in [0, 0.1) is 5.92 Å². The van der Waals surface area contributed by atoms with Crippen molar-refractivity contribution in [2.75, 3.05) is 0 Å². The number of carboxylic acid groups (broad SMARTS) is 1. The normalized spacial score (nSPS) is 24.1. The standard InChI is InChI=1S/C11H10O5/c12-7-3-1-6(2-4-7)10-8(11(14)15)5-9(13)16-10/h1-4,8,10,12H,5H2,(H,14,15)/t8-,10-/m0/s1. The molecule has 1 aliphatic heterocycles. The molecule has 0 saturated carbocycles. The highest BCUT2D eigenvalue weighted by molar-refractivity contribution is 5.82. The fourth-order valence-corrected chi connectivity index (χ4v) is 1.74. The molecule has 5 nitrogen and oxygen atoms in total. The zero-order valence-electron chi connectivity index (χ0n) is 8.29. The number of phenols is 1. The molecule has 0 bridgehead atoms. The number of benzene rings is 1. The predicted molar refractivity (Wildman–Crippen MR) is 52.7 cm³/mol. The second-order valence-corrected chi connectivity index (χ2v) is 3.65. The quantitative estimate of drug-likeness (QED) is 0.731. The molecule has 2 N–H and O–H groups in total. The van der Waals surface area contributed by atoms with Gasteiger partial charge in [0, 0.05) is 0 Å². The number of rotatable bonds is 2. The SMILES string of the molecule is O=C1C[C@H](C(=O)O)[C@H](c2ccc(O)cc2)O1. The van der Waals surface area contributed by atoms with Crippen molar-refractivity contribution in [2.45, 2.75) is 12.5 Å². The topological polar surface area (TPSA) is 83.8 Å². The van der Waals surface area contributed by atoms with Crippen molar-refractivity contribution >= 4 is 11.9 Å². The summed E-state index contributed by atoms with van der Waals surface area (Å²) in [4.78, 5) is 22.0. The van der Waals surface area contributed by atoms with Crippen LogP contribution in [0.3, 0.4) is 0 Å². The minimum absolute atomic E-state index is 0.0833. The molecule has 1 aromatic rings. The molecule has 0 aliphatic carbocycles. The predicted octanol–water partition coefficient (Wildman–Crippen LogP) is 1.08. The van der Waals surface area contributed by atoms with E-state index in [-0.39, 0.29) is 12.2 Å². The van der Waals surface area contributed by atoms with Gasteiger partial charge in [-0.2, -0.15) is 0 Å². The Bertz CT molecular complexity index is 423. The Morgan fingerprint density at radius 1 is 1.31 bits per heavy atom. The van der Waals surface area contributed by atoms with Gasteiger partial charge in [0.25, 0.3) is 0 Å². The number of carboxylic acids is 1. The summed E-state index contributed by atoms with van der Waals surface area (Å²) in [7, 11) is 0. The summed E-state index contributed by atoms with van der Waals surface area (Å²) in [6.45, 7) is 0. The first-order valence-corrected chi connectivity index (χ1v) is 4.79. The number of hydrogen-bond acceptors (Lipinski definition) is 4. The maximum absolute atomic E-state index is 11.1. The number of cyclic esters (lactones) is 1. The number of esters is 1. The van der Waals surface area contributed by atoms with Gasteiger partial charge in [-0.25, -0.2) is 0 Å². The van der Waals surface area contributed by atoms with Gasteiger partial charge in [0.1, 0.15) is 17.8 Å². The first-order valence-electron chi connectivity index (χ1n) is 4.79. The third-order valence-electron chi connectivity index (χ3n) is 2.55. The smallest absolute Gasteiger partial charge is 0.311 e. The summed E-state index contributed by atoms with van der Waals surface area (Å²) in [5.74, 6) is -2.33. The fourth-order valence-electron chi connectivity index (χ4n) is 1.74. The number of aromatic hydroxyl groups is 1. The number of carbonyl (C=O) groups is 2. The number of ether oxygens (including phenoxy) is 1. The Labute approximate surface area is 91.3 Å². The van der Waals surface area contributed by atoms with Gasteiger partial charge < -0.3 is 14.9 Å². The summed E-state index contributed by atoms with van der Waals surface area (Å²) < 4.78 is 4.96. The number of carbonyl (C=O) groups excluding carboxylic acids is 1. The van der Waals surface area contributed by atoms with Gasteiger partial charge in [-0.05, 0) is 17.7 Å². The zero-order valence-corrected chi connectivity index (χ0v) is 8.29. The molecule has 0 spiro atoms. The van der Waals surface area contributed by atoms with E-state index >= 15 is 0 Å². The van der Waals surface area contributed by atoms with Gasteiger partial charge in [0.15, 0.2) is 0 Å². The second kappa shape index (κ2) is 3.84. The van der Waals surface area contributed by atoms with E-state index in [9.17, 15) is 9.59 Å². The van der Waals surface area contributed by atoms with E-state index in [0.717, 1.165) is 0 Å². The van der Waals surface area contributed by atoms with Gasteiger partial charge in [-0.3, -0.25) is 9.59 Å². The molecule has 2 rings (SSSR count). The number of phenolic OH excluding ortho intramolecular Hbond substituents is 1. The van der Waals surface area contributed by atoms with Crippen LogP contribution in [0.25, 0.3) is 0 Å². The first-order chi connectivity index (χ1) is 7.58. The van der Waals surface area contributed by atoms with Crippen LogP contribution in [0.15, 0.2) is 24.3 Å². The summed E-state index contributed by atoms with van der Waals surface area (Å²) in [5.41, 5.74) is 0.580. The Hall–Kier alpha value is -2.04.